The lowest BCUT2D eigenvalue weighted by molar-refractivity contribution is 0.350. The van der Waals surface area contributed by atoms with Crippen molar-refractivity contribution in [2.24, 2.45) is 0 Å². The predicted molar refractivity (Wildman–Crippen MR) is 78.2 cm³/mol. The van der Waals surface area contributed by atoms with Gasteiger partial charge in [-0.05, 0) is 23.8 Å². The molecule has 0 saturated heterocycles. The molecule has 2 aromatic rings. The first-order valence-electron chi connectivity index (χ1n) is 6.43. The van der Waals surface area contributed by atoms with E-state index < -0.39 is 0 Å². The summed E-state index contributed by atoms with van der Waals surface area (Å²) in [5.41, 5.74) is 2.16. The SMILES string of the molecule is COc1cccc(CNCc2ccc(O)cc2)c1OC. The van der Waals surface area contributed by atoms with Crippen LogP contribution in [0.25, 0.3) is 0 Å². The lowest BCUT2D eigenvalue weighted by Gasteiger charge is -2.13. The second-order valence-electron chi connectivity index (χ2n) is 4.42. The Labute approximate surface area is 119 Å². The lowest BCUT2D eigenvalue weighted by Crippen LogP contribution is -2.13. The molecule has 0 spiro atoms. The normalized spacial score (nSPS) is 10.3. The van der Waals surface area contributed by atoms with Crippen LogP contribution < -0.4 is 14.8 Å². The van der Waals surface area contributed by atoms with Gasteiger partial charge in [-0.1, -0.05) is 24.3 Å². The van der Waals surface area contributed by atoms with Gasteiger partial charge >= 0.3 is 0 Å². The lowest BCUT2D eigenvalue weighted by atomic mass is 10.1. The number of methoxy groups -OCH3 is 2. The van der Waals surface area contributed by atoms with E-state index in [0.29, 0.717) is 6.54 Å². The predicted octanol–water partition coefficient (Wildman–Crippen LogP) is 2.70. The van der Waals surface area contributed by atoms with Gasteiger partial charge in [-0.2, -0.15) is 0 Å². The number of aromatic hydroxyl groups is 1. The highest BCUT2D eigenvalue weighted by molar-refractivity contribution is 5.46. The van der Waals surface area contributed by atoms with Crippen LogP contribution in [0, 0.1) is 0 Å². The Balaban J connectivity index is 1.98. The highest BCUT2D eigenvalue weighted by Crippen LogP contribution is 2.30. The van der Waals surface area contributed by atoms with Crippen LogP contribution in [0.2, 0.25) is 0 Å². The van der Waals surface area contributed by atoms with Crippen LogP contribution in [0.1, 0.15) is 11.1 Å². The van der Waals surface area contributed by atoms with Crippen LogP contribution in [0.15, 0.2) is 42.5 Å². The summed E-state index contributed by atoms with van der Waals surface area (Å²) in [7, 11) is 3.27. The largest absolute Gasteiger partial charge is 0.508 e. The molecule has 4 heteroatoms. The van der Waals surface area contributed by atoms with E-state index in [9.17, 15) is 5.11 Å². The van der Waals surface area contributed by atoms with Crippen molar-refractivity contribution < 1.29 is 14.6 Å². The van der Waals surface area contributed by atoms with Crippen molar-refractivity contribution in [1.82, 2.24) is 5.32 Å². The molecule has 0 aromatic heterocycles. The number of hydrogen-bond acceptors (Lipinski definition) is 4. The molecule has 0 aliphatic carbocycles. The number of phenolic OH excluding ortho intramolecular Hbond substituents is 1. The summed E-state index contributed by atoms with van der Waals surface area (Å²) >= 11 is 0. The van der Waals surface area contributed by atoms with Gasteiger partial charge in [-0.3, -0.25) is 0 Å². The van der Waals surface area contributed by atoms with E-state index in [1.807, 2.05) is 30.3 Å². The zero-order valence-electron chi connectivity index (χ0n) is 11.7. The molecule has 106 valence electrons. The van der Waals surface area contributed by atoms with Crippen LogP contribution >= 0.6 is 0 Å². The summed E-state index contributed by atoms with van der Waals surface area (Å²) in [5, 5.41) is 12.6. The zero-order valence-corrected chi connectivity index (χ0v) is 11.7. The quantitative estimate of drug-likeness (QED) is 0.849. The van der Waals surface area contributed by atoms with Crippen molar-refractivity contribution in [3.63, 3.8) is 0 Å². The third-order valence-corrected chi connectivity index (χ3v) is 3.07. The second kappa shape index (κ2) is 6.82. The van der Waals surface area contributed by atoms with Gasteiger partial charge in [0, 0.05) is 18.7 Å². The molecule has 0 heterocycles. The van der Waals surface area contributed by atoms with Crippen molar-refractivity contribution in [1.29, 1.82) is 0 Å². The van der Waals surface area contributed by atoms with Crippen molar-refractivity contribution >= 4 is 0 Å². The van der Waals surface area contributed by atoms with E-state index in [1.54, 1.807) is 26.4 Å². The molecule has 0 unspecified atom stereocenters. The number of benzene rings is 2. The minimum Gasteiger partial charge on any atom is -0.508 e. The molecule has 0 amide bonds. The van der Waals surface area contributed by atoms with Crippen molar-refractivity contribution in [2.75, 3.05) is 14.2 Å². The first kappa shape index (κ1) is 14.2. The highest BCUT2D eigenvalue weighted by Gasteiger charge is 2.08. The Morgan fingerprint density at radius 1 is 0.950 bits per heavy atom. The van der Waals surface area contributed by atoms with Crippen LogP contribution in [-0.2, 0) is 13.1 Å². The molecule has 0 radical (unpaired) electrons. The second-order valence-corrected chi connectivity index (χ2v) is 4.42. The highest BCUT2D eigenvalue weighted by atomic mass is 16.5. The first-order chi connectivity index (χ1) is 9.74. The van der Waals surface area contributed by atoms with Crippen LogP contribution in [0.3, 0.4) is 0 Å². The molecule has 2 aromatic carbocycles. The third-order valence-electron chi connectivity index (χ3n) is 3.07. The molecule has 0 atom stereocenters. The van der Waals surface area contributed by atoms with Gasteiger partial charge in [0.25, 0.3) is 0 Å². The Kier molecular flexibility index (Phi) is 4.85. The molecule has 2 N–H and O–H groups in total. The Morgan fingerprint density at radius 3 is 2.35 bits per heavy atom. The van der Waals surface area contributed by atoms with Gasteiger partial charge in [0.15, 0.2) is 11.5 Å². The molecule has 4 nitrogen and oxygen atoms in total. The minimum absolute atomic E-state index is 0.281. The standard InChI is InChI=1S/C16H19NO3/c1-19-15-5-3-4-13(16(15)20-2)11-17-10-12-6-8-14(18)9-7-12/h3-9,17-18H,10-11H2,1-2H3. The van der Waals surface area contributed by atoms with E-state index in [1.165, 1.54) is 0 Å². The Morgan fingerprint density at radius 2 is 1.70 bits per heavy atom. The average molecular weight is 273 g/mol. The molecule has 2 rings (SSSR count). The molecule has 0 aliphatic rings. The van der Waals surface area contributed by atoms with E-state index in [0.717, 1.165) is 29.2 Å². The van der Waals surface area contributed by atoms with E-state index >= 15 is 0 Å². The van der Waals surface area contributed by atoms with E-state index in [4.69, 9.17) is 9.47 Å². The van der Waals surface area contributed by atoms with Gasteiger partial charge in [-0.25, -0.2) is 0 Å². The van der Waals surface area contributed by atoms with Gasteiger partial charge in [0.1, 0.15) is 5.75 Å². The fraction of sp³-hybridized carbons (Fsp3) is 0.250. The third kappa shape index (κ3) is 3.42. The molecular weight excluding hydrogens is 254 g/mol. The summed E-state index contributed by atoms with van der Waals surface area (Å²) in [6, 6.07) is 13.0. The topological polar surface area (TPSA) is 50.7 Å². The number of ether oxygens (including phenoxy) is 2. The summed E-state index contributed by atoms with van der Waals surface area (Å²) in [6.07, 6.45) is 0. The summed E-state index contributed by atoms with van der Waals surface area (Å²) in [4.78, 5) is 0. The smallest absolute Gasteiger partial charge is 0.165 e. The zero-order chi connectivity index (χ0) is 14.4. The van der Waals surface area contributed by atoms with Crippen molar-refractivity contribution in [3.8, 4) is 17.2 Å². The maximum absolute atomic E-state index is 9.24. The summed E-state index contributed by atoms with van der Waals surface area (Å²) in [5.74, 6) is 1.77. The fourth-order valence-electron chi connectivity index (χ4n) is 2.05. The van der Waals surface area contributed by atoms with Crippen LogP contribution in [-0.4, -0.2) is 19.3 Å². The van der Waals surface area contributed by atoms with Crippen LogP contribution in [0.5, 0.6) is 17.2 Å². The van der Waals surface area contributed by atoms with E-state index in [-0.39, 0.29) is 5.75 Å². The summed E-state index contributed by atoms with van der Waals surface area (Å²) < 4.78 is 10.7. The molecule has 0 saturated carbocycles. The monoisotopic (exact) mass is 273 g/mol. The molecule has 0 aliphatic heterocycles. The van der Waals surface area contributed by atoms with Crippen molar-refractivity contribution in [2.45, 2.75) is 13.1 Å². The van der Waals surface area contributed by atoms with E-state index in [2.05, 4.69) is 5.32 Å². The fourth-order valence-corrected chi connectivity index (χ4v) is 2.05. The summed E-state index contributed by atoms with van der Waals surface area (Å²) in [6.45, 7) is 1.40. The van der Waals surface area contributed by atoms with Gasteiger partial charge in [-0.15, -0.1) is 0 Å². The molecular formula is C16H19NO3. The van der Waals surface area contributed by atoms with Gasteiger partial charge in [0.05, 0.1) is 14.2 Å². The maximum Gasteiger partial charge on any atom is 0.165 e. The minimum atomic E-state index is 0.281. The van der Waals surface area contributed by atoms with Gasteiger partial charge in [0.2, 0.25) is 0 Å². The number of nitrogens with one attached hydrogen (secondary N) is 1. The van der Waals surface area contributed by atoms with Crippen molar-refractivity contribution in [3.05, 3.63) is 53.6 Å². The number of para-hydroxylation sites is 1. The Bertz CT molecular complexity index is 552. The Hall–Kier alpha value is -2.20. The van der Waals surface area contributed by atoms with Crippen LogP contribution in [0.4, 0.5) is 0 Å². The molecule has 0 bridgehead atoms. The van der Waals surface area contributed by atoms with Gasteiger partial charge < -0.3 is 19.9 Å². The molecule has 20 heavy (non-hydrogen) atoms. The average Bonchev–Trinajstić information content (AvgIpc) is 2.49. The number of rotatable bonds is 6. The number of hydrogen-bond donors (Lipinski definition) is 2. The maximum atomic E-state index is 9.24. The number of phenols is 1. The molecule has 0 fully saturated rings. The first-order valence-corrected chi connectivity index (χ1v) is 6.43.